The van der Waals surface area contributed by atoms with Gasteiger partial charge in [-0.3, -0.25) is 0 Å². The largest absolute Gasteiger partial charge is 0.302 e. The van der Waals surface area contributed by atoms with Crippen LogP contribution < -0.4 is 0 Å². The van der Waals surface area contributed by atoms with E-state index in [9.17, 15) is 0 Å². The van der Waals surface area contributed by atoms with E-state index in [4.69, 9.17) is 0 Å². The van der Waals surface area contributed by atoms with Gasteiger partial charge in [0.2, 0.25) is 0 Å². The van der Waals surface area contributed by atoms with Crippen molar-refractivity contribution in [3.63, 3.8) is 0 Å². The SMILES string of the molecule is C=CCn1c(CCc2ccccc2)nnc1SCc1cccc(C)c1. The van der Waals surface area contributed by atoms with Gasteiger partial charge in [-0.1, -0.05) is 78.0 Å². The Bertz CT molecular complexity index is 824. The Morgan fingerprint density at radius 1 is 1.00 bits per heavy atom. The second kappa shape index (κ2) is 8.67. The molecule has 0 N–H and O–H groups in total. The summed E-state index contributed by atoms with van der Waals surface area (Å²) in [6, 6.07) is 19.1. The molecule has 2 aromatic carbocycles. The molecule has 3 nitrogen and oxygen atoms in total. The summed E-state index contributed by atoms with van der Waals surface area (Å²) in [6.07, 6.45) is 3.76. The molecule has 3 rings (SSSR count). The summed E-state index contributed by atoms with van der Waals surface area (Å²) in [5.74, 6) is 1.92. The molecule has 128 valence electrons. The standard InChI is InChI=1S/C21H23N3S/c1-3-14-24-20(13-12-18-9-5-4-6-10-18)22-23-21(24)25-16-19-11-7-8-17(2)15-19/h3-11,15H,1,12-14,16H2,2H3. The molecule has 0 spiro atoms. The Kier molecular flexibility index (Phi) is 6.07. The van der Waals surface area contributed by atoms with Gasteiger partial charge in [-0.05, 0) is 24.5 Å². The van der Waals surface area contributed by atoms with Gasteiger partial charge < -0.3 is 4.57 Å². The molecular weight excluding hydrogens is 326 g/mol. The van der Waals surface area contributed by atoms with Crippen molar-refractivity contribution in [2.24, 2.45) is 0 Å². The highest BCUT2D eigenvalue weighted by molar-refractivity contribution is 7.98. The van der Waals surface area contributed by atoms with E-state index < -0.39 is 0 Å². The van der Waals surface area contributed by atoms with Crippen LogP contribution >= 0.6 is 11.8 Å². The third-order valence-electron chi connectivity index (χ3n) is 4.04. The Morgan fingerprint density at radius 2 is 1.80 bits per heavy atom. The van der Waals surface area contributed by atoms with Gasteiger partial charge in [0.15, 0.2) is 5.16 Å². The van der Waals surface area contributed by atoms with Crippen molar-refractivity contribution in [2.45, 2.75) is 37.2 Å². The van der Waals surface area contributed by atoms with Gasteiger partial charge in [0.05, 0.1) is 0 Å². The van der Waals surface area contributed by atoms with Crippen LogP contribution in [0.3, 0.4) is 0 Å². The van der Waals surface area contributed by atoms with E-state index in [0.29, 0.717) is 0 Å². The number of thioether (sulfide) groups is 1. The van der Waals surface area contributed by atoms with Crippen molar-refractivity contribution >= 4 is 11.8 Å². The first-order valence-electron chi connectivity index (χ1n) is 8.51. The summed E-state index contributed by atoms with van der Waals surface area (Å²) in [4.78, 5) is 0. The van der Waals surface area contributed by atoms with Gasteiger partial charge >= 0.3 is 0 Å². The van der Waals surface area contributed by atoms with E-state index >= 15 is 0 Å². The Hall–Kier alpha value is -2.33. The molecule has 0 unspecified atom stereocenters. The molecule has 3 aromatic rings. The minimum Gasteiger partial charge on any atom is -0.302 e. The van der Waals surface area contributed by atoms with Crippen LogP contribution in [0.4, 0.5) is 0 Å². The lowest BCUT2D eigenvalue weighted by molar-refractivity contribution is 0.673. The Balaban J connectivity index is 1.69. The zero-order valence-electron chi connectivity index (χ0n) is 14.6. The van der Waals surface area contributed by atoms with Crippen LogP contribution in [0.15, 0.2) is 72.4 Å². The molecule has 0 bridgehead atoms. The highest BCUT2D eigenvalue weighted by Crippen LogP contribution is 2.23. The zero-order chi connectivity index (χ0) is 17.5. The van der Waals surface area contributed by atoms with Crippen LogP contribution in [0.1, 0.15) is 22.5 Å². The molecule has 0 aliphatic carbocycles. The molecule has 4 heteroatoms. The first-order valence-corrected chi connectivity index (χ1v) is 9.50. The van der Waals surface area contributed by atoms with Crippen LogP contribution in [0.5, 0.6) is 0 Å². The normalized spacial score (nSPS) is 10.8. The van der Waals surface area contributed by atoms with Crippen molar-refractivity contribution in [3.8, 4) is 0 Å². The molecule has 0 fully saturated rings. The van der Waals surface area contributed by atoms with E-state index in [1.807, 2.05) is 12.1 Å². The van der Waals surface area contributed by atoms with E-state index in [0.717, 1.165) is 36.1 Å². The molecule has 25 heavy (non-hydrogen) atoms. The molecule has 0 aliphatic rings. The number of benzene rings is 2. The second-order valence-electron chi connectivity index (χ2n) is 6.06. The molecule has 0 radical (unpaired) electrons. The van der Waals surface area contributed by atoms with Crippen molar-refractivity contribution < 1.29 is 0 Å². The van der Waals surface area contributed by atoms with E-state index in [1.165, 1.54) is 16.7 Å². The molecule has 1 heterocycles. The van der Waals surface area contributed by atoms with Crippen molar-refractivity contribution in [2.75, 3.05) is 0 Å². The maximum atomic E-state index is 4.42. The monoisotopic (exact) mass is 349 g/mol. The summed E-state index contributed by atoms with van der Waals surface area (Å²) >= 11 is 1.73. The first-order chi connectivity index (χ1) is 12.3. The van der Waals surface area contributed by atoms with Crippen molar-refractivity contribution in [1.29, 1.82) is 0 Å². The lowest BCUT2D eigenvalue weighted by Gasteiger charge is -2.08. The van der Waals surface area contributed by atoms with Gasteiger partial charge in [-0.25, -0.2) is 0 Å². The van der Waals surface area contributed by atoms with Gasteiger partial charge in [-0.2, -0.15) is 0 Å². The van der Waals surface area contributed by atoms with Crippen LogP contribution in [0.25, 0.3) is 0 Å². The highest BCUT2D eigenvalue weighted by Gasteiger charge is 2.12. The fourth-order valence-corrected chi connectivity index (χ4v) is 3.68. The molecular formula is C21H23N3S. The summed E-state index contributed by atoms with van der Waals surface area (Å²) in [5.41, 5.74) is 3.92. The molecule has 1 aromatic heterocycles. The predicted octanol–water partition coefficient (Wildman–Crippen LogP) is 4.85. The minimum absolute atomic E-state index is 0.743. The quantitative estimate of drug-likeness (QED) is 0.430. The summed E-state index contributed by atoms with van der Waals surface area (Å²) < 4.78 is 2.18. The summed E-state index contributed by atoms with van der Waals surface area (Å²) in [6.45, 7) is 6.74. The molecule has 0 saturated carbocycles. The zero-order valence-corrected chi connectivity index (χ0v) is 15.4. The maximum Gasteiger partial charge on any atom is 0.191 e. The number of allylic oxidation sites excluding steroid dienone is 1. The number of aryl methyl sites for hydroxylation is 3. The topological polar surface area (TPSA) is 30.7 Å². The van der Waals surface area contributed by atoms with Crippen LogP contribution in [-0.4, -0.2) is 14.8 Å². The first kappa shape index (κ1) is 17.5. The van der Waals surface area contributed by atoms with Gasteiger partial charge in [0.1, 0.15) is 5.82 Å². The number of aromatic nitrogens is 3. The smallest absolute Gasteiger partial charge is 0.191 e. The predicted molar refractivity (Wildman–Crippen MR) is 105 cm³/mol. The summed E-state index contributed by atoms with van der Waals surface area (Å²) in [5, 5.41) is 9.80. The average Bonchev–Trinajstić information content (AvgIpc) is 3.01. The van der Waals surface area contributed by atoms with Crippen molar-refractivity contribution in [1.82, 2.24) is 14.8 Å². The lowest BCUT2D eigenvalue weighted by atomic mass is 10.1. The number of nitrogens with zero attached hydrogens (tertiary/aromatic N) is 3. The molecule has 0 aliphatic heterocycles. The van der Waals surface area contributed by atoms with Gasteiger partial charge in [0.25, 0.3) is 0 Å². The lowest BCUT2D eigenvalue weighted by Crippen LogP contribution is -2.05. The number of hydrogen-bond acceptors (Lipinski definition) is 3. The second-order valence-corrected chi connectivity index (χ2v) is 7.00. The number of hydrogen-bond donors (Lipinski definition) is 0. The van der Waals surface area contributed by atoms with Crippen molar-refractivity contribution in [3.05, 3.63) is 89.8 Å². The maximum absolute atomic E-state index is 4.42. The third kappa shape index (κ3) is 4.83. The molecule has 0 atom stereocenters. The van der Waals surface area contributed by atoms with Gasteiger partial charge in [-0.15, -0.1) is 16.8 Å². The van der Waals surface area contributed by atoms with Crippen LogP contribution in [-0.2, 0) is 25.1 Å². The van der Waals surface area contributed by atoms with Gasteiger partial charge in [0, 0.05) is 18.7 Å². The van der Waals surface area contributed by atoms with Crippen LogP contribution in [0, 0.1) is 6.92 Å². The highest BCUT2D eigenvalue weighted by atomic mass is 32.2. The number of rotatable bonds is 8. The molecule has 0 saturated heterocycles. The van der Waals surface area contributed by atoms with Crippen LogP contribution in [0.2, 0.25) is 0 Å². The summed E-state index contributed by atoms with van der Waals surface area (Å²) in [7, 11) is 0. The van der Waals surface area contributed by atoms with E-state index in [2.05, 4.69) is 76.8 Å². The van der Waals surface area contributed by atoms with E-state index in [-0.39, 0.29) is 0 Å². The molecule has 0 amide bonds. The van der Waals surface area contributed by atoms with E-state index in [1.54, 1.807) is 11.8 Å². The Labute approximate surface area is 153 Å². The average molecular weight is 350 g/mol. The minimum atomic E-state index is 0.743. The fourth-order valence-electron chi connectivity index (χ4n) is 2.77. The third-order valence-corrected chi connectivity index (χ3v) is 5.07. The Morgan fingerprint density at radius 3 is 2.56 bits per heavy atom. The fraction of sp³-hybridized carbons (Fsp3) is 0.238.